The number of carbonyl (C=O) groups is 2. The van der Waals surface area contributed by atoms with Crippen LogP contribution in [0.5, 0.6) is 0 Å². The number of Topliss-reactive ketones (excluding diaryl/α,β-unsaturated/α-hetero) is 1. The van der Waals surface area contributed by atoms with Crippen LogP contribution in [0, 0.1) is 12.7 Å². The molecule has 0 spiro atoms. The number of hydrogen-bond acceptors (Lipinski definition) is 2. The van der Waals surface area contributed by atoms with Crippen LogP contribution in [0.1, 0.15) is 21.5 Å². The van der Waals surface area contributed by atoms with Gasteiger partial charge in [-0.25, -0.2) is 4.39 Å². The quantitative estimate of drug-likeness (QED) is 0.859. The van der Waals surface area contributed by atoms with Gasteiger partial charge in [-0.2, -0.15) is 0 Å². The SMILES string of the molecule is Cc1cccc(CC(=O)NCC(=O)c2ccc(F)cc2)c1. The molecule has 0 heterocycles. The van der Waals surface area contributed by atoms with Gasteiger partial charge in [0, 0.05) is 5.56 Å². The molecule has 0 aliphatic carbocycles. The first-order valence-electron chi connectivity index (χ1n) is 6.65. The molecule has 0 atom stereocenters. The lowest BCUT2D eigenvalue weighted by atomic mass is 10.1. The topological polar surface area (TPSA) is 46.2 Å². The van der Waals surface area contributed by atoms with E-state index in [9.17, 15) is 14.0 Å². The third kappa shape index (κ3) is 4.53. The smallest absolute Gasteiger partial charge is 0.224 e. The summed E-state index contributed by atoms with van der Waals surface area (Å²) in [4.78, 5) is 23.6. The molecule has 0 fully saturated rings. The summed E-state index contributed by atoms with van der Waals surface area (Å²) in [7, 11) is 0. The van der Waals surface area contributed by atoms with Crippen LogP contribution in [0.2, 0.25) is 0 Å². The third-order valence-electron chi connectivity index (χ3n) is 3.06. The molecule has 0 aliphatic rings. The third-order valence-corrected chi connectivity index (χ3v) is 3.06. The van der Waals surface area contributed by atoms with Crippen molar-refractivity contribution in [2.45, 2.75) is 13.3 Å². The van der Waals surface area contributed by atoms with Crippen molar-refractivity contribution in [3.05, 3.63) is 71.0 Å². The molecule has 0 saturated carbocycles. The summed E-state index contributed by atoms with van der Waals surface area (Å²) >= 11 is 0. The second-order valence-electron chi connectivity index (χ2n) is 4.87. The average molecular weight is 285 g/mol. The molecule has 1 N–H and O–H groups in total. The van der Waals surface area contributed by atoms with E-state index in [0.717, 1.165) is 11.1 Å². The molecule has 108 valence electrons. The number of aryl methyl sites for hydroxylation is 1. The highest BCUT2D eigenvalue weighted by Gasteiger charge is 2.09. The Balaban J connectivity index is 1.86. The summed E-state index contributed by atoms with van der Waals surface area (Å²) in [5.41, 5.74) is 2.37. The van der Waals surface area contributed by atoms with E-state index < -0.39 is 5.82 Å². The second-order valence-corrected chi connectivity index (χ2v) is 4.87. The summed E-state index contributed by atoms with van der Waals surface area (Å²) in [5, 5.41) is 2.58. The van der Waals surface area contributed by atoms with E-state index in [-0.39, 0.29) is 24.7 Å². The summed E-state index contributed by atoms with van der Waals surface area (Å²) in [5.74, 6) is -0.848. The number of rotatable bonds is 5. The summed E-state index contributed by atoms with van der Waals surface area (Å²) in [6.07, 6.45) is 0.235. The highest BCUT2D eigenvalue weighted by Crippen LogP contribution is 2.05. The van der Waals surface area contributed by atoms with Crippen molar-refractivity contribution in [1.29, 1.82) is 0 Å². The largest absolute Gasteiger partial charge is 0.348 e. The molecule has 0 saturated heterocycles. The van der Waals surface area contributed by atoms with Gasteiger partial charge in [-0.1, -0.05) is 29.8 Å². The van der Waals surface area contributed by atoms with Crippen LogP contribution >= 0.6 is 0 Å². The van der Waals surface area contributed by atoms with E-state index in [4.69, 9.17) is 0 Å². The minimum atomic E-state index is -0.393. The predicted octanol–water partition coefficient (Wildman–Crippen LogP) is 2.68. The number of ketones is 1. The Kier molecular flexibility index (Phi) is 4.82. The maximum absolute atomic E-state index is 12.8. The first-order valence-corrected chi connectivity index (χ1v) is 6.65. The van der Waals surface area contributed by atoms with E-state index in [1.807, 2.05) is 31.2 Å². The van der Waals surface area contributed by atoms with Gasteiger partial charge in [0.25, 0.3) is 0 Å². The molecule has 2 aromatic carbocycles. The predicted molar refractivity (Wildman–Crippen MR) is 78.6 cm³/mol. The van der Waals surface area contributed by atoms with Crippen LogP contribution in [0.15, 0.2) is 48.5 Å². The van der Waals surface area contributed by atoms with Gasteiger partial charge in [0.2, 0.25) is 5.91 Å². The van der Waals surface area contributed by atoms with Crippen LogP contribution in [-0.2, 0) is 11.2 Å². The zero-order valence-corrected chi connectivity index (χ0v) is 11.7. The molecule has 1 amide bonds. The number of halogens is 1. The van der Waals surface area contributed by atoms with Gasteiger partial charge in [0.05, 0.1) is 13.0 Å². The molecular weight excluding hydrogens is 269 g/mol. The zero-order valence-electron chi connectivity index (χ0n) is 11.7. The fourth-order valence-corrected chi connectivity index (χ4v) is 1.99. The van der Waals surface area contributed by atoms with Crippen molar-refractivity contribution in [2.24, 2.45) is 0 Å². The summed E-state index contributed by atoms with van der Waals surface area (Å²) in [6.45, 7) is 1.87. The molecule has 3 nitrogen and oxygen atoms in total. The molecule has 0 unspecified atom stereocenters. The van der Waals surface area contributed by atoms with Gasteiger partial charge in [-0.15, -0.1) is 0 Å². The van der Waals surface area contributed by atoms with Crippen molar-refractivity contribution >= 4 is 11.7 Å². The van der Waals surface area contributed by atoms with Crippen LogP contribution in [-0.4, -0.2) is 18.2 Å². The van der Waals surface area contributed by atoms with Crippen molar-refractivity contribution in [3.8, 4) is 0 Å². The van der Waals surface area contributed by atoms with Crippen LogP contribution in [0.3, 0.4) is 0 Å². The number of amides is 1. The van der Waals surface area contributed by atoms with Crippen molar-refractivity contribution in [2.75, 3.05) is 6.54 Å². The minimum absolute atomic E-state index is 0.0870. The van der Waals surface area contributed by atoms with E-state index in [0.29, 0.717) is 5.56 Å². The van der Waals surface area contributed by atoms with Gasteiger partial charge < -0.3 is 5.32 Å². The fraction of sp³-hybridized carbons (Fsp3) is 0.176. The first kappa shape index (κ1) is 14.9. The van der Waals surface area contributed by atoms with Crippen molar-refractivity contribution < 1.29 is 14.0 Å². The lowest BCUT2D eigenvalue weighted by molar-refractivity contribution is -0.120. The van der Waals surface area contributed by atoms with Gasteiger partial charge in [-0.05, 0) is 36.8 Å². The normalized spacial score (nSPS) is 10.2. The lowest BCUT2D eigenvalue weighted by Crippen LogP contribution is -2.30. The summed E-state index contributed by atoms with van der Waals surface area (Å²) in [6, 6.07) is 12.9. The van der Waals surface area contributed by atoms with Gasteiger partial charge >= 0.3 is 0 Å². The van der Waals surface area contributed by atoms with Gasteiger partial charge in [0.15, 0.2) is 5.78 Å². The number of benzene rings is 2. The first-order chi connectivity index (χ1) is 10.0. The second kappa shape index (κ2) is 6.79. The molecule has 0 bridgehead atoms. The van der Waals surface area contributed by atoms with E-state index in [2.05, 4.69) is 5.32 Å². The Bertz CT molecular complexity index is 650. The van der Waals surface area contributed by atoms with E-state index in [1.165, 1.54) is 24.3 Å². The monoisotopic (exact) mass is 285 g/mol. The number of hydrogen-bond donors (Lipinski definition) is 1. The Morgan fingerprint density at radius 1 is 1.10 bits per heavy atom. The van der Waals surface area contributed by atoms with Crippen LogP contribution in [0.25, 0.3) is 0 Å². The maximum atomic E-state index is 12.8. The Hall–Kier alpha value is -2.49. The Morgan fingerprint density at radius 2 is 1.81 bits per heavy atom. The molecule has 0 aromatic heterocycles. The molecule has 2 aromatic rings. The van der Waals surface area contributed by atoms with Gasteiger partial charge in [0.1, 0.15) is 5.82 Å². The zero-order chi connectivity index (χ0) is 15.2. The van der Waals surface area contributed by atoms with Crippen LogP contribution < -0.4 is 5.32 Å². The fourth-order valence-electron chi connectivity index (χ4n) is 1.99. The molecule has 0 aliphatic heterocycles. The maximum Gasteiger partial charge on any atom is 0.224 e. The molecule has 21 heavy (non-hydrogen) atoms. The Morgan fingerprint density at radius 3 is 2.48 bits per heavy atom. The molecule has 4 heteroatoms. The molecule has 2 rings (SSSR count). The number of carbonyl (C=O) groups excluding carboxylic acids is 2. The van der Waals surface area contributed by atoms with Crippen molar-refractivity contribution in [3.63, 3.8) is 0 Å². The molecular formula is C17H16FNO2. The van der Waals surface area contributed by atoms with Crippen LogP contribution in [0.4, 0.5) is 4.39 Å². The number of nitrogens with one attached hydrogen (secondary N) is 1. The van der Waals surface area contributed by atoms with Gasteiger partial charge in [-0.3, -0.25) is 9.59 Å². The highest BCUT2D eigenvalue weighted by molar-refractivity contribution is 5.99. The Labute approximate surface area is 122 Å². The highest BCUT2D eigenvalue weighted by atomic mass is 19.1. The standard InChI is InChI=1S/C17H16FNO2/c1-12-3-2-4-13(9-12)10-17(21)19-11-16(20)14-5-7-15(18)8-6-14/h2-9H,10-11H2,1H3,(H,19,21). The van der Waals surface area contributed by atoms with Crippen molar-refractivity contribution in [1.82, 2.24) is 5.32 Å². The van der Waals surface area contributed by atoms with E-state index >= 15 is 0 Å². The van der Waals surface area contributed by atoms with E-state index in [1.54, 1.807) is 0 Å². The lowest BCUT2D eigenvalue weighted by Gasteiger charge is -2.05. The molecule has 0 radical (unpaired) electrons. The summed E-state index contributed by atoms with van der Waals surface area (Å²) < 4.78 is 12.8. The minimum Gasteiger partial charge on any atom is -0.348 e. The average Bonchev–Trinajstić information content (AvgIpc) is 2.45.